The van der Waals surface area contributed by atoms with Crippen LogP contribution in [0.25, 0.3) is 38.6 Å². The van der Waals surface area contributed by atoms with Crippen LogP contribution in [0.4, 0.5) is 11.4 Å². The zero-order valence-electron chi connectivity index (χ0n) is 22.7. The number of allylic oxidation sites excluding steroid dienone is 2. The Labute approximate surface area is 239 Å². The van der Waals surface area contributed by atoms with E-state index in [4.69, 9.17) is 0 Å². The molecule has 3 heteroatoms. The van der Waals surface area contributed by atoms with E-state index in [1.165, 1.54) is 33.5 Å². The monoisotopic (exact) mass is 525 g/mol. The van der Waals surface area contributed by atoms with E-state index in [0.717, 1.165) is 22.1 Å². The Kier molecular flexibility index (Phi) is 5.08. The lowest BCUT2D eigenvalue weighted by Gasteiger charge is -2.34. The fraction of sp³-hybridized carbons (Fsp3) is 0.0789. The highest BCUT2D eigenvalue weighted by atomic mass is 15.2. The lowest BCUT2D eigenvalue weighted by molar-refractivity contribution is 0.551. The smallest absolute Gasteiger partial charge is 0.0992 e. The molecule has 1 aliphatic heterocycles. The largest absolute Gasteiger partial charge is 0.333 e. The SMILES string of the molecule is CC12C=CC=CC1N(c1ccc(-c3ccc4c(c3)c3ccc(C#N)cc3n4-c3ccccc3)cc1)c1ccccc12. The van der Waals surface area contributed by atoms with Crippen LogP contribution in [0.5, 0.6) is 0 Å². The molecule has 2 atom stereocenters. The Morgan fingerprint density at radius 2 is 1.46 bits per heavy atom. The Hall–Kier alpha value is -5.33. The summed E-state index contributed by atoms with van der Waals surface area (Å²) in [6.45, 7) is 2.34. The second-order valence-corrected chi connectivity index (χ2v) is 11.2. The summed E-state index contributed by atoms with van der Waals surface area (Å²) in [6, 6.07) is 43.4. The zero-order valence-corrected chi connectivity index (χ0v) is 22.7. The zero-order chi connectivity index (χ0) is 27.6. The van der Waals surface area contributed by atoms with Gasteiger partial charge < -0.3 is 9.47 Å². The molecule has 0 saturated heterocycles. The van der Waals surface area contributed by atoms with Gasteiger partial charge in [0.15, 0.2) is 0 Å². The van der Waals surface area contributed by atoms with Gasteiger partial charge in [-0.1, -0.05) is 85.0 Å². The summed E-state index contributed by atoms with van der Waals surface area (Å²) in [5.41, 5.74) is 10.1. The molecule has 5 aromatic carbocycles. The van der Waals surface area contributed by atoms with Crippen LogP contribution < -0.4 is 4.90 Å². The summed E-state index contributed by atoms with van der Waals surface area (Å²) < 4.78 is 2.26. The van der Waals surface area contributed by atoms with Gasteiger partial charge in [-0.05, 0) is 78.2 Å². The average molecular weight is 526 g/mol. The van der Waals surface area contributed by atoms with Crippen molar-refractivity contribution in [3.63, 3.8) is 0 Å². The van der Waals surface area contributed by atoms with Crippen LogP contribution >= 0.6 is 0 Å². The predicted molar refractivity (Wildman–Crippen MR) is 169 cm³/mol. The molecular formula is C38H27N3. The van der Waals surface area contributed by atoms with E-state index in [2.05, 4.69) is 144 Å². The molecule has 2 heterocycles. The van der Waals surface area contributed by atoms with E-state index in [1.54, 1.807) is 0 Å². The van der Waals surface area contributed by atoms with E-state index in [0.29, 0.717) is 5.56 Å². The van der Waals surface area contributed by atoms with Crippen LogP contribution in [-0.4, -0.2) is 10.6 Å². The fourth-order valence-corrected chi connectivity index (χ4v) is 6.86. The van der Waals surface area contributed by atoms with Gasteiger partial charge in [0.2, 0.25) is 0 Å². The first kappa shape index (κ1) is 23.5. The van der Waals surface area contributed by atoms with E-state index >= 15 is 0 Å². The Bertz CT molecular complexity index is 2070. The lowest BCUT2D eigenvalue weighted by Crippen LogP contribution is -2.39. The van der Waals surface area contributed by atoms with Gasteiger partial charge in [-0.3, -0.25) is 0 Å². The normalized spacial score (nSPS) is 18.9. The van der Waals surface area contributed by atoms with Crippen LogP contribution in [0.1, 0.15) is 18.1 Å². The fourth-order valence-electron chi connectivity index (χ4n) is 6.86. The van der Waals surface area contributed by atoms with Gasteiger partial charge in [-0.15, -0.1) is 0 Å². The Balaban J connectivity index is 1.23. The quantitative estimate of drug-likeness (QED) is 0.231. The maximum atomic E-state index is 9.59. The van der Waals surface area contributed by atoms with Crippen molar-refractivity contribution in [3.8, 4) is 22.9 Å². The van der Waals surface area contributed by atoms with Gasteiger partial charge in [-0.2, -0.15) is 5.26 Å². The maximum absolute atomic E-state index is 9.59. The summed E-state index contributed by atoms with van der Waals surface area (Å²) in [5.74, 6) is 0. The summed E-state index contributed by atoms with van der Waals surface area (Å²) in [5, 5.41) is 11.9. The molecule has 8 rings (SSSR count). The number of hydrogen-bond donors (Lipinski definition) is 0. The minimum absolute atomic E-state index is 0.0482. The van der Waals surface area contributed by atoms with Crippen molar-refractivity contribution in [2.45, 2.75) is 18.4 Å². The number of fused-ring (bicyclic) bond motifs is 6. The standard InChI is InChI=1S/C38H27N3/c1-38-22-8-7-13-37(38)41(35-12-6-5-11-33(35)38)30-18-15-27(16-19-30)28-17-21-34-32(24-28)31-20-14-26(25-39)23-36(31)40(34)29-9-3-2-4-10-29/h2-24,37H,1H3. The third-order valence-electron chi connectivity index (χ3n) is 8.87. The van der Waals surface area contributed by atoms with Crippen molar-refractivity contribution < 1.29 is 0 Å². The summed E-state index contributed by atoms with van der Waals surface area (Å²) in [7, 11) is 0. The van der Waals surface area contributed by atoms with Crippen molar-refractivity contribution in [3.05, 3.63) is 151 Å². The van der Waals surface area contributed by atoms with Crippen LogP contribution in [0, 0.1) is 11.3 Å². The molecule has 1 aliphatic carbocycles. The minimum Gasteiger partial charge on any atom is -0.333 e. The molecule has 0 amide bonds. The minimum atomic E-state index is -0.0482. The summed E-state index contributed by atoms with van der Waals surface area (Å²) in [6.07, 6.45) is 9.00. The van der Waals surface area contributed by atoms with E-state index < -0.39 is 0 Å². The number of para-hydroxylation sites is 2. The molecule has 0 bridgehead atoms. The van der Waals surface area contributed by atoms with Crippen molar-refractivity contribution in [2.75, 3.05) is 4.90 Å². The van der Waals surface area contributed by atoms with Gasteiger partial charge in [-0.25, -0.2) is 0 Å². The highest BCUT2D eigenvalue weighted by Crippen LogP contribution is 2.51. The van der Waals surface area contributed by atoms with Gasteiger partial charge >= 0.3 is 0 Å². The second-order valence-electron chi connectivity index (χ2n) is 11.2. The molecule has 6 aromatic rings. The Morgan fingerprint density at radius 3 is 2.29 bits per heavy atom. The van der Waals surface area contributed by atoms with Crippen molar-refractivity contribution in [2.24, 2.45) is 0 Å². The maximum Gasteiger partial charge on any atom is 0.0992 e. The lowest BCUT2D eigenvalue weighted by atomic mass is 9.76. The first-order chi connectivity index (χ1) is 20.2. The third-order valence-corrected chi connectivity index (χ3v) is 8.87. The topological polar surface area (TPSA) is 32.0 Å². The molecule has 3 nitrogen and oxygen atoms in total. The molecule has 41 heavy (non-hydrogen) atoms. The predicted octanol–water partition coefficient (Wildman–Crippen LogP) is 9.23. The van der Waals surface area contributed by atoms with Gasteiger partial charge in [0.05, 0.1) is 28.7 Å². The van der Waals surface area contributed by atoms with Crippen molar-refractivity contribution in [1.29, 1.82) is 5.26 Å². The van der Waals surface area contributed by atoms with Crippen LogP contribution in [0.2, 0.25) is 0 Å². The molecule has 2 aliphatic rings. The van der Waals surface area contributed by atoms with E-state index in [-0.39, 0.29) is 11.5 Å². The number of aromatic nitrogens is 1. The third kappa shape index (κ3) is 3.44. The highest BCUT2D eigenvalue weighted by Gasteiger charge is 2.46. The number of hydrogen-bond acceptors (Lipinski definition) is 2. The van der Waals surface area contributed by atoms with E-state index in [1.807, 2.05) is 18.2 Å². The summed E-state index contributed by atoms with van der Waals surface area (Å²) >= 11 is 0. The van der Waals surface area contributed by atoms with Crippen LogP contribution in [-0.2, 0) is 5.41 Å². The molecule has 0 saturated carbocycles. The van der Waals surface area contributed by atoms with Crippen LogP contribution in [0.3, 0.4) is 0 Å². The molecule has 1 aromatic heterocycles. The molecule has 0 spiro atoms. The van der Waals surface area contributed by atoms with Gasteiger partial charge in [0.1, 0.15) is 0 Å². The van der Waals surface area contributed by atoms with Gasteiger partial charge in [0.25, 0.3) is 0 Å². The average Bonchev–Trinajstić information content (AvgIpc) is 3.50. The highest BCUT2D eigenvalue weighted by molar-refractivity contribution is 6.10. The molecule has 2 unspecified atom stereocenters. The first-order valence-electron chi connectivity index (χ1n) is 14.0. The summed E-state index contributed by atoms with van der Waals surface area (Å²) in [4.78, 5) is 2.47. The number of benzene rings is 5. The van der Waals surface area contributed by atoms with Crippen LogP contribution in [0.15, 0.2) is 140 Å². The molecule has 194 valence electrons. The van der Waals surface area contributed by atoms with Crippen molar-refractivity contribution in [1.82, 2.24) is 4.57 Å². The second kappa shape index (κ2) is 8.84. The van der Waals surface area contributed by atoms with E-state index in [9.17, 15) is 5.26 Å². The molecular weight excluding hydrogens is 498 g/mol. The number of nitrogens with zero attached hydrogens (tertiary/aromatic N) is 3. The number of nitriles is 1. The molecule has 0 N–H and O–H groups in total. The molecule has 0 radical (unpaired) electrons. The Morgan fingerprint density at radius 1 is 0.683 bits per heavy atom. The number of anilines is 2. The first-order valence-corrected chi connectivity index (χ1v) is 14.0. The van der Waals surface area contributed by atoms with Gasteiger partial charge in [0, 0.05) is 33.2 Å². The number of rotatable bonds is 3. The molecule has 0 fully saturated rings. The van der Waals surface area contributed by atoms with Crippen molar-refractivity contribution >= 4 is 33.2 Å².